The second-order valence-corrected chi connectivity index (χ2v) is 6.83. The number of urea groups is 1. The van der Waals surface area contributed by atoms with E-state index in [4.69, 9.17) is 29.4 Å². The summed E-state index contributed by atoms with van der Waals surface area (Å²) < 4.78 is 28.3. The van der Waals surface area contributed by atoms with E-state index in [1.807, 2.05) is 31.2 Å². The van der Waals surface area contributed by atoms with E-state index in [1.165, 1.54) is 0 Å². The smallest absolute Gasteiger partial charge is 0.326 e. The summed E-state index contributed by atoms with van der Waals surface area (Å²) in [6.07, 6.45) is -0.545. The van der Waals surface area contributed by atoms with Crippen LogP contribution in [0.4, 0.5) is 4.79 Å². The van der Waals surface area contributed by atoms with E-state index >= 15 is 0 Å². The number of hydrogen-bond donors (Lipinski definition) is 3. The Morgan fingerprint density at radius 1 is 1.10 bits per heavy atom. The van der Waals surface area contributed by atoms with Crippen molar-refractivity contribution < 1.29 is 28.5 Å². The lowest BCUT2D eigenvalue weighted by Gasteiger charge is -2.38. The Kier molecular flexibility index (Phi) is 4.98. The number of benzene rings is 2. The van der Waals surface area contributed by atoms with Crippen LogP contribution < -0.4 is 40.3 Å². The molecule has 2 heterocycles. The zero-order valence-corrected chi connectivity index (χ0v) is 16.4. The Morgan fingerprint density at radius 2 is 1.86 bits per heavy atom. The molecule has 2 amide bonds. The van der Waals surface area contributed by atoms with Crippen molar-refractivity contribution in [2.24, 2.45) is 11.7 Å². The van der Waals surface area contributed by atoms with Crippen LogP contribution in [0.3, 0.4) is 0 Å². The average Bonchev–Trinajstić information content (AvgIpc) is 3.17. The number of rotatable bonds is 5. The monoisotopic (exact) mass is 401 g/mol. The Hall–Kier alpha value is -3.33. The normalized spacial score (nSPS) is 21.7. The molecule has 0 radical (unpaired) electrons. The Bertz CT molecular complexity index is 935. The number of hydrogen-bond acceptors (Lipinski definition) is 7. The van der Waals surface area contributed by atoms with Gasteiger partial charge in [0.25, 0.3) is 0 Å². The number of amides is 2. The molecule has 0 spiro atoms. The van der Waals surface area contributed by atoms with E-state index in [1.54, 1.807) is 20.3 Å². The molecule has 3 atom stereocenters. The minimum absolute atomic E-state index is 0.115. The van der Waals surface area contributed by atoms with Crippen molar-refractivity contribution in [3.05, 3.63) is 41.5 Å². The zero-order chi connectivity index (χ0) is 20.5. The van der Waals surface area contributed by atoms with Crippen LogP contribution in [-0.2, 0) is 0 Å². The molecular formula is C20H23N3O6. The van der Waals surface area contributed by atoms with Gasteiger partial charge in [-0.05, 0) is 12.1 Å². The number of nitrogens with two attached hydrogens (primary N) is 1. The molecule has 2 aromatic carbocycles. The number of para-hydroxylation sites is 1. The van der Waals surface area contributed by atoms with Gasteiger partial charge in [0.05, 0.1) is 14.2 Å². The Morgan fingerprint density at radius 3 is 2.55 bits per heavy atom. The highest BCUT2D eigenvalue weighted by Gasteiger charge is 2.40. The minimum Gasteiger partial charge on any atom is -0.493 e. The van der Waals surface area contributed by atoms with Crippen molar-refractivity contribution >= 4 is 6.03 Å². The molecule has 9 heteroatoms. The summed E-state index contributed by atoms with van der Waals surface area (Å²) in [4.78, 5) is 11.2. The number of hydrazine groups is 1. The molecule has 154 valence electrons. The van der Waals surface area contributed by atoms with Crippen LogP contribution in [-0.4, -0.2) is 33.3 Å². The summed E-state index contributed by atoms with van der Waals surface area (Å²) in [6, 6.07) is 8.76. The number of nitrogens with one attached hydrogen (secondary N) is 2. The van der Waals surface area contributed by atoms with E-state index in [0.717, 1.165) is 11.1 Å². The fourth-order valence-corrected chi connectivity index (χ4v) is 3.90. The van der Waals surface area contributed by atoms with Crippen LogP contribution in [0.2, 0.25) is 0 Å². The zero-order valence-electron chi connectivity index (χ0n) is 16.4. The fraction of sp³-hybridized carbons (Fsp3) is 0.350. The molecule has 0 unspecified atom stereocenters. The number of primary amides is 1. The van der Waals surface area contributed by atoms with Gasteiger partial charge >= 0.3 is 6.03 Å². The second kappa shape index (κ2) is 7.59. The van der Waals surface area contributed by atoms with Crippen LogP contribution in [0.1, 0.15) is 24.0 Å². The summed E-state index contributed by atoms with van der Waals surface area (Å²) in [6.45, 7) is 2.17. The first kappa shape index (κ1) is 19.0. The molecular weight excluding hydrogens is 378 g/mol. The Balaban J connectivity index is 1.84. The highest BCUT2D eigenvalue weighted by atomic mass is 16.7. The van der Waals surface area contributed by atoms with Crippen LogP contribution >= 0.6 is 0 Å². The Labute approximate surface area is 168 Å². The topological polar surface area (TPSA) is 113 Å². The third-order valence-electron chi connectivity index (χ3n) is 5.20. The summed E-state index contributed by atoms with van der Waals surface area (Å²) in [5.41, 5.74) is 12.3. The number of fused-ring (bicyclic) bond motifs is 2. The first-order chi connectivity index (χ1) is 14.0. The standard InChI is InChI=1S/C20H23N3O6/c1-10-17(11-5-4-6-13(25-2)18(11)26-3)12-7-15-16(28-9-27-15)8-14(12)29-19(10)22-23-20(21)24/h4-8,10,17,19,22H,9H2,1-3H3,(H3,21,23,24)/t10-,17-,19-/m0/s1. The highest BCUT2D eigenvalue weighted by molar-refractivity contribution is 5.71. The molecule has 29 heavy (non-hydrogen) atoms. The van der Waals surface area contributed by atoms with Gasteiger partial charge in [-0.2, -0.15) is 5.43 Å². The molecule has 0 saturated carbocycles. The van der Waals surface area contributed by atoms with E-state index in [0.29, 0.717) is 28.7 Å². The van der Waals surface area contributed by atoms with Crippen molar-refractivity contribution in [3.63, 3.8) is 0 Å². The number of ether oxygens (including phenoxy) is 5. The van der Waals surface area contributed by atoms with Crippen molar-refractivity contribution in [1.29, 1.82) is 0 Å². The third kappa shape index (κ3) is 3.33. The minimum atomic E-state index is -0.701. The van der Waals surface area contributed by atoms with Crippen LogP contribution in [0, 0.1) is 5.92 Å². The lowest BCUT2D eigenvalue weighted by molar-refractivity contribution is 0.0687. The highest BCUT2D eigenvalue weighted by Crippen LogP contribution is 2.51. The molecule has 0 aromatic heterocycles. The van der Waals surface area contributed by atoms with Crippen molar-refractivity contribution in [2.75, 3.05) is 21.0 Å². The summed E-state index contributed by atoms with van der Waals surface area (Å²) in [7, 11) is 3.21. The molecule has 2 aliphatic rings. The number of methoxy groups -OCH3 is 2. The molecule has 9 nitrogen and oxygen atoms in total. The maximum atomic E-state index is 11.2. The SMILES string of the molecule is COc1cccc([C@H]2c3cc4c(cc3O[C@H](NNC(N)=O)[C@H]2C)OCO4)c1OC. The van der Waals surface area contributed by atoms with Gasteiger partial charge in [0.1, 0.15) is 5.75 Å². The number of carbonyl (C=O) groups excluding carboxylic acids is 1. The maximum Gasteiger partial charge on any atom is 0.326 e. The van der Waals surface area contributed by atoms with Gasteiger partial charge in [-0.3, -0.25) is 5.43 Å². The van der Waals surface area contributed by atoms with Gasteiger partial charge in [-0.15, -0.1) is 0 Å². The summed E-state index contributed by atoms with van der Waals surface area (Å²) in [5, 5.41) is 0. The van der Waals surface area contributed by atoms with Gasteiger partial charge in [0.15, 0.2) is 29.2 Å². The van der Waals surface area contributed by atoms with Gasteiger partial charge in [-0.1, -0.05) is 19.1 Å². The van der Waals surface area contributed by atoms with E-state index in [9.17, 15) is 4.79 Å². The van der Waals surface area contributed by atoms with Crippen molar-refractivity contribution in [3.8, 4) is 28.7 Å². The maximum absolute atomic E-state index is 11.2. The first-order valence-electron chi connectivity index (χ1n) is 9.15. The predicted octanol–water partition coefficient (Wildman–Crippen LogP) is 2.09. The van der Waals surface area contributed by atoms with Gasteiger partial charge < -0.3 is 29.4 Å². The van der Waals surface area contributed by atoms with Crippen LogP contribution in [0.5, 0.6) is 28.7 Å². The molecule has 0 bridgehead atoms. The largest absolute Gasteiger partial charge is 0.493 e. The third-order valence-corrected chi connectivity index (χ3v) is 5.20. The lowest BCUT2D eigenvalue weighted by Crippen LogP contribution is -2.54. The predicted molar refractivity (Wildman–Crippen MR) is 103 cm³/mol. The van der Waals surface area contributed by atoms with E-state index in [-0.39, 0.29) is 18.6 Å². The summed E-state index contributed by atoms with van der Waals surface area (Å²) >= 11 is 0. The summed E-state index contributed by atoms with van der Waals surface area (Å²) in [5.74, 6) is 2.89. The van der Waals surface area contributed by atoms with E-state index in [2.05, 4.69) is 10.9 Å². The van der Waals surface area contributed by atoms with Gasteiger partial charge in [-0.25, -0.2) is 4.79 Å². The molecule has 2 aliphatic heterocycles. The molecule has 2 aromatic rings. The molecule has 0 saturated heterocycles. The average molecular weight is 401 g/mol. The first-order valence-corrected chi connectivity index (χ1v) is 9.15. The molecule has 0 fully saturated rings. The van der Waals surface area contributed by atoms with Crippen molar-refractivity contribution in [2.45, 2.75) is 19.1 Å². The van der Waals surface area contributed by atoms with Gasteiger partial charge in [0.2, 0.25) is 6.79 Å². The molecule has 4 N–H and O–H groups in total. The van der Waals surface area contributed by atoms with Crippen LogP contribution in [0.15, 0.2) is 30.3 Å². The quantitative estimate of drug-likeness (QED) is 0.658. The van der Waals surface area contributed by atoms with Gasteiger partial charge in [0, 0.05) is 29.0 Å². The lowest BCUT2D eigenvalue weighted by atomic mass is 9.78. The van der Waals surface area contributed by atoms with E-state index < -0.39 is 12.3 Å². The fourth-order valence-electron chi connectivity index (χ4n) is 3.90. The number of carbonyl (C=O) groups is 1. The molecule has 0 aliphatic carbocycles. The van der Waals surface area contributed by atoms with Crippen LogP contribution in [0.25, 0.3) is 0 Å². The second-order valence-electron chi connectivity index (χ2n) is 6.83. The van der Waals surface area contributed by atoms with Crippen molar-refractivity contribution in [1.82, 2.24) is 10.9 Å². The molecule has 4 rings (SSSR count).